The Hall–Kier alpha value is -1.46. The van der Waals surface area contributed by atoms with E-state index in [9.17, 15) is 10.1 Å². The third-order valence-electron chi connectivity index (χ3n) is 2.66. The largest absolute Gasteiger partial charge is 0.375 e. The first-order valence-electron chi connectivity index (χ1n) is 5.54. The number of nitro benzene ring substituents is 1. The van der Waals surface area contributed by atoms with Crippen molar-refractivity contribution in [1.29, 1.82) is 0 Å². The fourth-order valence-electron chi connectivity index (χ4n) is 1.22. The molecular weight excluding hydrogens is 220 g/mol. The zero-order chi connectivity index (χ0) is 12.9. The van der Waals surface area contributed by atoms with Gasteiger partial charge in [0.15, 0.2) is 0 Å². The SMILES string of the molecule is CCC(C)(N)COCc1ccc([N+](=O)[O-])cc1. The van der Waals surface area contributed by atoms with Crippen LogP contribution >= 0.6 is 0 Å². The topological polar surface area (TPSA) is 78.4 Å². The van der Waals surface area contributed by atoms with E-state index in [4.69, 9.17) is 10.5 Å². The summed E-state index contributed by atoms with van der Waals surface area (Å²) in [4.78, 5) is 10.0. The first kappa shape index (κ1) is 13.6. The maximum absolute atomic E-state index is 10.5. The lowest BCUT2D eigenvalue weighted by molar-refractivity contribution is -0.384. The highest BCUT2D eigenvalue weighted by atomic mass is 16.6. The molecule has 0 aliphatic rings. The number of non-ortho nitro benzene ring substituents is 1. The maximum Gasteiger partial charge on any atom is 0.269 e. The van der Waals surface area contributed by atoms with Crippen molar-refractivity contribution >= 4 is 5.69 Å². The summed E-state index contributed by atoms with van der Waals surface area (Å²) in [5.41, 5.74) is 6.60. The second kappa shape index (κ2) is 5.75. The molecule has 0 spiro atoms. The van der Waals surface area contributed by atoms with Crippen molar-refractivity contribution in [3.8, 4) is 0 Å². The Morgan fingerprint density at radius 3 is 2.47 bits per heavy atom. The first-order chi connectivity index (χ1) is 7.94. The molecule has 2 N–H and O–H groups in total. The smallest absolute Gasteiger partial charge is 0.269 e. The standard InChI is InChI=1S/C12H18N2O3/c1-3-12(2,13)9-17-8-10-4-6-11(7-5-10)14(15)16/h4-7H,3,8-9,13H2,1-2H3. The molecule has 1 aromatic carbocycles. The van der Waals surface area contributed by atoms with Gasteiger partial charge in [-0.2, -0.15) is 0 Å². The zero-order valence-electron chi connectivity index (χ0n) is 10.2. The molecule has 0 radical (unpaired) electrons. The molecule has 1 unspecified atom stereocenters. The number of benzene rings is 1. The molecule has 0 bridgehead atoms. The van der Waals surface area contributed by atoms with Crippen LogP contribution in [0.2, 0.25) is 0 Å². The normalized spacial score (nSPS) is 14.3. The Labute approximate surface area is 101 Å². The van der Waals surface area contributed by atoms with Gasteiger partial charge in [-0.15, -0.1) is 0 Å². The van der Waals surface area contributed by atoms with Crippen molar-refractivity contribution in [2.75, 3.05) is 6.61 Å². The lowest BCUT2D eigenvalue weighted by atomic mass is 10.0. The molecular formula is C12H18N2O3. The van der Waals surface area contributed by atoms with Crippen LogP contribution in [0, 0.1) is 10.1 Å². The molecule has 17 heavy (non-hydrogen) atoms. The van der Waals surface area contributed by atoms with Gasteiger partial charge in [0.25, 0.3) is 5.69 Å². The molecule has 5 nitrogen and oxygen atoms in total. The van der Waals surface area contributed by atoms with E-state index >= 15 is 0 Å². The summed E-state index contributed by atoms with van der Waals surface area (Å²) >= 11 is 0. The summed E-state index contributed by atoms with van der Waals surface area (Å²) in [6.45, 7) is 4.84. The van der Waals surface area contributed by atoms with Gasteiger partial charge in [0.2, 0.25) is 0 Å². The van der Waals surface area contributed by atoms with Crippen LogP contribution < -0.4 is 5.73 Å². The van der Waals surface area contributed by atoms with Gasteiger partial charge in [-0.25, -0.2) is 0 Å². The summed E-state index contributed by atoms with van der Waals surface area (Å²) in [5.74, 6) is 0. The van der Waals surface area contributed by atoms with E-state index in [1.54, 1.807) is 12.1 Å². The van der Waals surface area contributed by atoms with Crippen molar-refractivity contribution in [3.63, 3.8) is 0 Å². The fourth-order valence-corrected chi connectivity index (χ4v) is 1.22. The van der Waals surface area contributed by atoms with Crippen molar-refractivity contribution in [2.24, 2.45) is 5.73 Å². The Morgan fingerprint density at radius 2 is 2.00 bits per heavy atom. The van der Waals surface area contributed by atoms with Crippen molar-refractivity contribution in [2.45, 2.75) is 32.4 Å². The second-order valence-corrected chi connectivity index (χ2v) is 4.42. The quantitative estimate of drug-likeness (QED) is 0.609. The van der Waals surface area contributed by atoms with E-state index in [2.05, 4.69) is 0 Å². The molecule has 0 saturated heterocycles. The van der Waals surface area contributed by atoms with Crippen LogP contribution in [0.5, 0.6) is 0 Å². The molecule has 0 aromatic heterocycles. The average Bonchev–Trinajstić information content (AvgIpc) is 2.29. The average molecular weight is 238 g/mol. The molecule has 0 heterocycles. The van der Waals surface area contributed by atoms with Crippen LogP contribution in [0.4, 0.5) is 5.69 Å². The van der Waals surface area contributed by atoms with Crippen LogP contribution in [0.25, 0.3) is 0 Å². The fraction of sp³-hybridized carbons (Fsp3) is 0.500. The summed E-state index contributed by atoms with van der Waals surface area (Å²) in [7, 11) is 0. The molecule has 94 valence electrons. The summed E-state index contributed by atoms with van der Waals surface area (Å²) in [6, 6.07) is 6.33. The van der Waals surface area contributed by atoms with E-state index in [-0.39, 0.29) is 11.2 Å². The highest BCUT2D eigenvalue weighted by molar-refractivity contribution is 5.32. The molecule has 0 amide bonds. The molecule has 1 rings (SSSR count). The third-order valence-corrected chi connectivity index (χ3v) is 2.66. The Kier molecular flexibility index (Phi) is 4.60. The number of nitrogens with two attached hydrogens (primary N) is 1. The van der Waals surface area contributed by atoms with Gasteiger partial charge in [0.05, 0.1) is 18.1 Å². The first-order valence-corrected chi connectivity index (χ1v) is 5.54. The van der Waals surface area contributed by atoms with Gasteiger partial charge in [-0.1, -0.05) is 6.92 Å². The van der Waals surface area contributed by atoms with Crippen LogP contribution in [0.1, 0.15) is 25.8 Å². The van der Waals surface area contributed by atoms with Gasteiger partial charge in [0, 0.05) is 17.7 Å². The zero-order valence-corrected chi connectivity index (χ0v) is 10.2. The number of hydrogen-bond acceptors (Lipinski definition) is 4. The minimum atomic E-state index is -0.418. The summed E-state index contributed by atoms with van der Waals surface area (Å²) < 4.78 is 5.48. The van der Waals surface area contributed by atoms with E-state index in [1.807, 2.05) is 13.8 Å². The highest BCUT2D eigenvalue weighted by Crippen LogP contribution is 2.13. The lowest BCUT2D eigenvalue weighted by Gasteiger charge is -2.22. The Morgan fingerprint density at radius 1 is 1.41 bits per heavy atom. The van der Waals surface area contributed by atoms with E-state index in [0.29, 0.717) is 13.2 Å². The predicted octanol–water partition coefficient (Wildman–Crippen LogP) is 2.24. The third kappa shape index (κ3) is 4.50. The van der Waals surface area contributed by atoms with Gasteiger partial charge >= 0.3 is 0 Å². The molecule has 0 saturated carbocycles. The van der Waals surface area contributed by atoms with Crippen LogP contribution in [-0.2, 0) is 11.3 Å². The Bertz CT molecular complexity index is 374. The van der Waals surface area contributed by atoms with E-state index in [0.717, 1.165) is 12.0 Å². The number of rotatable bonds is 6. The minimum Gasteiger partial charge on any atom is -0.375 e. The van der Waals surface area contributed by atoms with E-state index in [1.165, 1.54) is 12.1 Å². The second-order valence-electron chi connectivity index (χ2n) is 4.42. The van der Waals surface area contributed by atoms with Gasteiger partial charge in [-0.05, 0) is 31.0 Å². The predicted molar refractivity (Wildman–Crippen MR) is 65.6 cm³/mol. The van der Waals surface area contributed by atoms with E-state index < -0.39 is 4.92 Å². The maximum atomic E-state index is 10.5. The monoisotopic (exact) mass is 238 g/mol. The minimum absolute atomic E-state index is 0.0889. The van der Waals surface area contributed by atoms with Crippen LogP contribution in [0.15, 0.2) is 24.3 Å². The summed E-state index contributed by atoms with van der Waals surface area (Å²) in [5, 5.41) is 10.5. The molecule has 1 atom stereocenters. The number of nitrogens with zero attached hydrogens (tertiary/aromatic N) is 1. The van der Waals surface area contributed by atoms with Gasteiger partial charge in [-0.3, -0.25) is 10.1 Å². The summed E-state index contributed by atoms with van der Waals surface area (Å²) in [6.07, 6.45) is 0.841. The van der Waals surface area contributed by atoms with Crippen molar-refractivity contribution < 1.29 is 9.66 Å². The number of hydrogen-bond donors (Lipinski definition) is 1. The molecule has 0 aliphatic heterocycles. The van der Waals surface area contributed by atoms with Crippen LogP contribution in [-0.4, -0.2) is 17.1 Å². The Balaban J connectivity index is 2.45. The number of ether oxygens (including phenoxy) is 1. The van der Waals surface area contributed by atoms with Crippen molar-refractivity contribution in [3.05, 3.63) is 39.9 Å². The molecule has 1 aromatic rings. The molecule has 0 fully saturated rings. The molecule has 0 aliphatic carbocycles. The van der Waals surface area contributed by atoms with Gasteiger partial charge in [0.1, 0.15) is 0 Å². The van der Waals surface area contributed by atoms with Crippen LogP contribution in [0.3, 0.4) is 0 Å². The van der Waals surface area contributed by atoms with Crippen molar-refractivity contribution in [1.82, 2.24) is 0 Å². The molecule has 5 heteroatoms. The number of nitro groups is 1. The van der Waals surface area contributed by atoms with Gasteiger partial charge < -0.3 is 10.5 Å². The highest BCUT2D eigenvalue weighted by Gasteiger charge is 2.15. The lowest BCUT2D eigenvalue weighted by Crippen LogP contribution is -2.40.